The van der Waals surface area contributed by atoms with Crippen molar-refractivity contribution >= 4 is 35.1 Å². The fourth-order valence-corrected chi connectivity index (χ4v) is 3.40. The fourth-order valence-electron chi connectivity index (χ4n) is 2.37. The zero-order valence-corrected chi connectivity index (χ0v) is 17.2. The van der Waals surface area contributed by atoms with Gasteiger partial charge in [0.1, 0.15) is 11.0 Å². The maximum atomic E-state index is 12.3. The lowest BCUT2D eigenvalue weighted by Crippen LogP contribution is -2.22. The molecular formula is C20H20ClN5OS. The molecule has 0 radical (unpaired) electrons. The number of aromatic nitrogens is 3. The first-order valence-electron chi connectivity index (χ1n) is 8.62. The molecule has 0 saturated heterocycles. The van der Waals surface area contributed by atoms with Crippen LogP contribution >= 0.6 is 23.4 Å². The molecule has 1 aromatic carbocycles. The van der Waals surface area contributed by atoms with Crippen LogP contribution in [0.15, 0.2) is 60.0 Å². The summed E-state index contributed by atoms with van der Waals surface area (Å²) in [5.74, 6) is 1.34. The highest BCUT2D eigenvalue weighted by Gasteiger charge is 2.08. The van der Waals surface area contributed by atoms with E-state index in [1.165, 1.54) is 11.8 Å². The highest BCUT2D eigenvalue weighted by atomic mass is 35.5. The van der Waals surface area contributed by atoms with E-state index in [2.05, 4.69) is 20.3 Å². The van der Waals surface area contributed by atoms with Crippen molar-refractivity contribution in [1.82, 2.24) is 20.3 Å². The van der Waals surface area contributed by atoms with Crippen LogP contribution in [0.3, 0.4) is 0 Å². The van der Waals surface area contributed by atoms with E-state index in [9.17, 15) is 4.79 Å². The van der Waals surface area contributed by atoms with E-state index in [1.807, 2.05) is 55.4 Å². The van der Waals surface area contributed by atoms with Gasteiger partial charge in [0.05, 0.1) is 0 Å². The maximum absolute atomic E-state index is 12.3. The van der Waals surface area contributed by atoms with Crippen LogP contribution in [0.1, 0.15) is 21.5 Å². The van der Waals surface area contributed by atoms with Crippen LogP contribution in [-0.2, 0) is 12.3 Å². The van der Waals surface area contributed by atoms with E-state index in [1.54, 1.807) is 18.5 Å². The molecule has 144 valence electrons. The van der Waals surface area contributed by atoms with Crippen LogP contribution in [0.5, 0.6) is 0 Å². The normalized spacial score (nSPS) is 10.5. The van der Waals surface area contributed by atoms with Crippen molar-refractivity contribution in [2.45, 2.75) is 17.5 Å². The highest BCUT2D eigenvalue weighted by Crippen LogP contribution is 2.24. The van der Waals surface area contributed by atoms with Gasteiger partial charge in [0, 0.05) is 50.4 Å². The molecule has 0 aliphatic heterocycles. The molecule has 2 aromatic heterocycles. The summed E-state index contributed by atoms with van der Waals surface area (Å²) in [4.78, 5) is 26.9. The zero-order chi connectivity index (χ0) is 19.9. The number of thioether (sulfide) groups is 1. The molecule has 0 aliphatic carbocycles. The summed E-state index contributed by atoms with van der Waals surface area (Å²) in [6.07, 6.45) is 3.44. The number of hydrogen-bond acceptors (Lipinski definition) is 6. The number of anilines is 1. The Balaban J connectivity index is 1.56. The summed E-state index contributed by atoms with van der Waals surface area (Å²) in [6.45, 7) is 0.449. The lowest BCUT2D eigenvalue weighted by atomic mass is 10.1. The second kappa shape index (κ2) is 9.52. The maximum Gasteiger partial charge on any atom is 0.251 e. The average Bonchev–Trinajstić information content (AvgIpc) is 2.71. The van der Waals surface area contributed by atoms with E-state index in [4.69, 9.17) is 11.6 Å². The fraction of sp³-hybridized carbons (Fsp3) is 0.200. The molecule has 1 amide bonds. The van der Waals surface area contributed by atoms with Gasteiger partial charge in [-0.25, -0.2) is 9.97 Å². The SMILES string of the molecule is CN(C)c1cc(Cl)nc(SCc2ccc(C(=O)NCc3cccnc3)cc2)n1. The van der Waals surface area contributed by atoms with Crippen molar-refractivity contribution in [3.05, 3.63) is 76.7 Å². The summed E-state index contributed by atoms with van der Waals surface area (Å²) in [5.41, 5.74) is 2.65. The van der Waals surface area contributed by atoms with Crippen molar-refractivity contribution < 1.29 is 4.79 Å². The lowest BCUT2D eigenvalue weighted by Gasteiger charge is -2.12. The minimum Gasteiger partial charge on any atom is -0.363 e. The van der Waals surface area contributed by atoms with Gasteiger partial charge in [-0.3, -0.25) is 9.78 Å². The monoisotopic (exact) mass is 413 g/mol. The first-order chi connectivity index (χ1) is 13.5. The third-order valence-corrected chi connectivity index (χ3v) is 4.99. The number of nitrogens with one attached hydrogen (secondary N) is 1. The zero-order valence-electron chi connectivity index (χ0n) is 15.6. The number of rotatable bonds is 7. The summed E-state index contributed by atoms with van der Waals surface area (Å²) in [5, 5.41) is 3.93. The first-order valence-corrected chi connectivity index (χ1v) is 9.98. The van der Waals surface area contributed by atoms with Crippen molar-refractivity contribution in [1.29, 1.82) is 0 Å². The highest BCUT2D eigenvalue weighted by molar-refractivity contribution is 7.98. The Labute approximate surface area is 173 Å². The van der Waals surface area contributed by atoms with Crippen molar-refractivity contribution in [3.8, 4) is 0 Å². The number of halogens is 1. The van der Waals surface area contributed by atoms with Gasteiger partial charge in [-0.1, -0.05) is 41.6 Å². The van der Waals surface area contributed by atoms with Gasteiger partial charge in [-0.15, -0.1) is 0 Å². The second-order valence-electron chi connectivity index (χ2n) is 6.26. The third kappa shape index (κ3) is 5.68. The number of amides is 1. The molecular weight excluding hydrogens is 394 g/mol. The van der Waals surface area contributed by atoms with Crippen molar-refractivity contribution in [3.63, 3.8) is 0 Å². The molecule has 28 heavy (non-hydrogen) atoms. The largest absolute Gasteiger partial charge is 0.363 e. The van der Waals surface area contributed by atoms with Crippen molar-refractivity contribution in [2.24, 2.45) is 0 Å². The number of nitrogens with zero attached hydrogens (tertiary/aromatic N) is 4. The van der Waals surface area contributed by atoms with Crippen LogP contribution in [0, 0.1) is 0 Å². The van der Waals surface area contributed by atoms with E-state index in [-0.39, 0.29) is 5.91 Å². The molecule has 6 nitrogen and oxygen atoms in total. The summed E-state index contributed by atoms with van der Waals surface area (Å²) < 4.78 is 0. The molecule has 0 spiro atoms. The van der Waals surface area contributed by atoms with Crippen molar-refractivity contribution in [2.75, 3.05) is 19.0 Å². The van der Waals surface area contributed by atoms with Gasteiger partial charge in [-0.2, -0.15) is 0 Å². The number of hydrogen-bond donors (Lipinski definition) is 1. The first kappa shape index (κ1) is 20.1. The van der Waals surface area contributed by atoms with Gasteiger partial charge < -0.3 is 10.2 Å². The van der Waals surface area contributed by atoms with Gasteiger partial charge in [-0.05, 0) is 29.3 Å². The molecule has 0 bridgehead atoms. The van der Waals surface area contributed by atoms with Crippen LogP contribution < -0.4 is 10.2 Å². The Morgan fingerprint density at radius 2 is 1.93 bits per heavy atom. The molecule has 0 unspecified atom stereocenters. The predicted octanol–water partition coefficient (Wildman–Crippen LogP) is 3.81. The van der Waals surface area contributed by atoms with E-state index in [0.717, 1.165) is 16.9 Å². The summed E-state index contributed by atoms with van der Waals surface area (Å²) in [7, 11) is 3.82. The Morgan fingerprint density at radius 1 is 1.14 bits per heavy atom. The van der Waals surface area contributed by atoms with Crippen LogP contribution in [0.4, 0.5) is 5.82 Å². The van der Waals surface area contributed by atoms with Gasteiger partial charge >= 0.3 is 0 Å². The second-order valence-corrected chi connectivity index (χ2v) is 7.59. The Bertz CT molecular complexity index is 935. The third-order valence-electron chi connectivity index (χ3n) is 3.88. The van der Waals surface area contributed by atoms with Gasteiger partial charge in [0.25, 0.3) is 5.91 Å². The minimum atomic E-state index is -0.114. The summed E-state index contributed by atoms with van der Waals surface area (Å²) >= 11 is 7.57. The van der Waals surface area contributed by atoms with Gasteiger partial charge in [0.15, 0.2) is 5.16 Å². The van der Waals surface area contributed by atoms with E-state index < -0.39 is 0 Å². The lowest BCUT2D eigenvalue weighted by molar-refractivity contribution is 0.0951. The molecule has 2 heterocycles. The smallest absolute Gasteiger partial charge is 0.251 e. The minimum absolute atomic E-state index is 0.114. The number of benzene rings is 1. The Morgan fingerprint density at radius 3 is 2.61 bits per heavy atom. The topological polar surface area (TPSA) is 71.0 Å². The standard InChI is InChI=1S/C20H20ClN5OS/c1-26(2)18-10-17(21)24-20(25-18)28-13-14-5-7-16(8-6-14)19(27)23-12-15-4-3-9-22-11-15/h3-11H,12-13H2,1-2H3,(H,23,27). The molecule has 0 atom stereocenters. The number of pyridine rings is 1. The molecule has 1 N–H and O–H groups in total. The average molecular weight is 414 g/mol. The van der Waals surface area contributed by atoms with Crippen LogP contribution in [-0.4, -0.2) is 35.0 Å². The molecule has 0 fully saturated rings. The van der Waals surface area contributed by atoms with E-state index >= 15 is 0 Å². The molecule has 0 saturated carbocycles. The van der Waals surface area contributed by atoms with Crippen LogP contribution in [0.25, 0.3) is 0 Å². The Hall–Kier alpha value is -2.64. The number of carbonyl (C=O) groups excluding carboxylic acids is 1. The molecule has 3 aromatic rings. The molecule has 0 aliphatic rings. The summed E-state index contributed by atoms with van der Waals surface area (Å²) in [6, 6.07) is 13.0. The molecule has 8 heteroatoms. The van der Waals surface area contributed by atoms with E-state index in [0.29, 0.717) is 28.2 Å². The quantitative estimate of drug-likeness (QED) is 0.361. The Kier molecular flexibility index (Phi) is 6.84. The predicted molar refractivity (Wildman–Crippen MR) is 113 cm³/mol. The number of carbonyl (C=O) groups is 1. The van der Waals surface area contributed by atoms with Gasteiger partial charge in [0.2, 0.25) is 0 Å². The molecule has 3 rings (SSSR count). The van der Waals surface area contributed by atoms with Crippen LogP contribution in [0.2, 0.25) is 5.15 Å².